The van der Waals surface area contributed by atoms with E-state index in [4.69, 9.17) is 9.47 Å². The molecular formula is C12H12Br2O3. The summed E-state index contributed by atoms with van der Waals surface area (Å²) in [5, 5.41) is 0.443. The van der Waals surface area contributed by atoms with Crippen LogP contribution in [0.15, 0.2) is 40.6 Å². The first kappa shape index (κ1) is 14.3. The molecule has 0 saturated carbocycles. The predicted octanol–water partition coefficient (Wildman–Crippen LogP) is 3.67. The second kappa shape index (κ2) is 7.50. The molecule has 17 heavy (non-hydrogen) atoms. The van der Waals surface area contributed by atoms with E-state index in [2.05, 4.69) is 31.9 Å². The molecule has 0 saturated heterocycles. The first-order valence-electron chi connectivity index (χ1n) is 5.02. The Morgan fingerprint density at radius 1 is 1.47 bits per heavy atom. The second-order valence-corrected chi connectivity index (χ2v) is 4.53. The molecule has 0 amide bonds. The molecule has 0 aliphatic carbocycles. The Labute approximate surface area is 117 Å². The third-order valence-corrected chi connectivity index (χ3v) is 2.79. The van der Waals surface area contributed by atoms with E-state index in [9.17, 15) is 4.79 Å². The molecule has 0 aromatic heterocycles. The van der Waals surface area contributed by atoms with Gasteiger partial charge in [0, 0.05) is 4.47 Å². The van der Waals surface area contributed by atoms with E-state index < -0.39 is 5.97 Å². The van der Waals surface area contributed by atoms with Gasteiger partial charge < -0.3 is 9.47 Å². The maximum absolute atomic E-state index is 11.3. The van der Waals surface area contributed by atoms with Gasteiger partial charge in [0.15, 0.2) is 0 Å². The number of hydrogen-bond acceptors (Lipinski definition) is 3. The monoisotopic (exact) mass is 362 g/mol. The Kier molecular flexibility index (Phi) is 6.29. The summed E-state index contributed by atoms with van der Waals surface area (Å²) in [4.78, 5) is 11.3. The van der Waals surface area contributed by atoms with E-state index in [0.29, 0.717) is 23.4 Å². The van der Waals surface area contributed by atoms with Crippen LogP contribution in [0.5, 0.6) is 5.75 Å². The number of benzene rings is 1. The van der Waals surface area contributed by atoms with Gasteiger partial charge in [-0.2, -0.15) is 0 Å². The normalized spacial score (nSPS) is 11.1. The van der Waals surface area contributed by atoms with Crippen LogP contribution in [0.2, 0.25) is 0 Å². The van der Waals surface area contributed by atoms with Gasteiger partial charge in [-0.05, 0) is 25.1 Å². The van der Waals surface area contributed by atoms with Gasteiger partial charge in [0.2, 0.25) is 0 Å². The molecule has 0 fully saturated rings. The molecule has 0 aliphatic heterocycles. The third-order valence-electron chi connectivity index (χ3n) is 1.74. The zero-order chi connectivity index (χ0) is 12.7. The number of halogens is 2. The minimum Gasteiger partial charge on any atom is -0.463 e. The number of allylic oxidation sites excluding steroid dienone is 1. The first-order valence-corrected chi connectivity index (χ1v) is 6.94. The molecular weight excluding hydrogens is 352 g/mol. The van der Waals surface area contributed by atoms with E-state index in [1.165, 1.54) is 6.08 Å². The standard InChI is InChI=1S/C12H12Br2O3/c1-2-16-12(15)7-11(8-13)17-10-5-3-4-9(14)6-10/h3-7H,2,8H2,1H3/b11-7-. The minimum absolute atomic E-state index is 0.349. The van der Waals surface area contributed by atoms with E-state index in [0.717, 1.165) is 4.47 Å². The quantitative estimate of drug-likeness (QED) is 0.346. The highest BCUT2D eigenvalue weighted by Crippen LogP contribution is 2.20. The molecule has 0 atom stereocenters. The zero-order valence-corrected chi connectivity index (χ0v) is 12.5. The number of alkyl halides is 1. The molecule has 0 unspecified atom stereocenters. The maximum Gasteiger partial charge on any atom is 0.334 e. The molecule has 92 valence electrons. The number of carbonyl (C=O) groups is 1. The van der Waals surface area contributed by atoms with Gasteiger partial charge in [-0.1, -0.05) is 37.9 Å². The average molecular weight is 364 g/mol. The van der Waals surface area contributed by atoms with Crippen LogP contribution in [-0.2, 0) is 9.53 Å². The maximum atomic E-state index is 11.3. The van der Waals surface area contributed by atoms with Crippen LogP contribution >= 0.6 is 31.9 Å². The lowest BCUT2D eigenvalue weighted by molar-refractivity contribution is -0.137. The van der Waals surface area contributed by atoms with Crippen LogP contribution in [0.25, 0.3) is 0 Å². The zero-order valence-electron chi connectivity index (χ0n) is 9.28. The van der Waals surface area contributed by atoms with Crippen molar-refractivity contribution in [2.45, 2.75) is 6.92 Å². The van der Waals surface area contributed by atoms with Crippen LogP contribution in [0.4, 0.5) is 0 Å². The average Bonchev–Trinajstić information content (AvgIpc) is 2.28. The fourth-order valence-electron chi connectivity index (χ4n) is 1.09. The number of ether oxygens (including phenoxy) is 2. The lowest BCUT2D eigenvalue weighted by Crippen LogP contribution is -2.05. The predicted molar refractivity (Wildman–Crippen MR) is 73.3 cm³/mol. The van der Waals surface area contributed by atoms with Crippen LogP contribution in [0, 0.1) is 0 Å². The van der Waals surface area contributed by atoms with Crippen molar-refractivity contribution in [1.82, 2.24) is 0 Å². The molecule has 0 N–H and O–H groups in total. The van der Waals surface area contributed by atoms with Crippen molar-refractivity contribution in [1.29, 1.82) is 0 Å². The van der Waals surface area contributed by atoms with Crippen molar-refractivity contribution in [2.24, 2.45) is 0 Å². The summed E-state index contributed by atoms with van der Waals surface area (Å²) < 4.78 is 11.3. The third kappa shape index (κ3) is 5.37. The number of esters is 1. The Balaban J connectivity index is 2.73. The van der Waals surface area contributed by atoms with Crippen molar-refractivity contribution in [2.75, 3.05) is 11.9 Å². The van der Waals surface area contributed by atoms with Gasteiger partial charge in [0.1, 0.15) is 11.5 Å². The summed E-state index contributed by atoms with van der Waals surface area (Å²) in [6.45, 7) is 2.11. The van der Waals surface area contributed by atoms with Crippen LogP contribution in [-0.4, -0.2) is 17.9 Å². The molecule has 0 bridgehead atoms. The largest absolute Gasteiger partial charge is 0.463 e. The van der Waals surface area contributed by atoms with E-state index >= 15 is 0 Å². The topological polar surface area (TPSA) is 35.5 Å². The van der Waals surface area contributed by atoms with Gasteiger partial charge in [-0.25, -0.2) is 4.79 Å². The summed E-state index contributed by atoms with van der Waals surface area (Å²) in [7, 11) is 0. The van der Waals surface area contributed by atoms with Gasteiger partial charge in [-0.15, -0.1) is 0 Å². The summed E-state index contributed by atoms with van der Waals surface area (Å²) in [6.07, 6.45) is 1.33. The fraction of sp³-hybridized carbons (Fsp3) is 0.250. The number of hydrogen-bond donors (Lipinski definition) is 0. The lowest BCUT2D eigenvalue weighted by Gasteiger charge is -2.07. The van der Waals surface area contributed by atoms with Crippen LogP contribution in [0.1, 0.15) is 6.92 Å². The van der Waals surface area contributed by atoms with Crippen molar-refractivity contribution < 1.29 is 14.3 Å². The van der Waals surface area contributed by atoms with Gasteiger partial charge in [-0.3, -0.25) is 0 Å². The second-order valence-electron chi connectivity index (χ2n) is 3.06. The van der Waals surface area contributed by atoms with Crippen molar-refractivity contribution in [3.8, 4) is 5.75 Å². The summed E-state index contributed by atoms with van der Waals surface area (Å²) >= 11 is 6.61. The van der Waals surface area contributed by atoms with E-state index in [1.807, 2.05) is 24.3 Å². The highest BCUT2D eigenvalue weighted by molar-refractivity contribution is 9.10. The number of rotatable bonds is 5. The fourth-order valence-corrected chi connectivity index (χ4v) is 1.75. The molecule has 0 radical (unpaired) electrons. The first-order chi connectivity index (χ1) is 8.15. The Hall–Kier alpha value is -0.810. The molecule has 1 rings (SSSR count). The van der Waals surface area contributed by atoms with E-state index in [1.54, 1.807) is 6.92 Å². The highest BCUT2D eigenvalue weighted by atomic mass is 79.9. The van der Waals surface area contributed by atoms with Gasteiger partial charge in [0.25, 0.3) is 0 Å². The molecule has 0 heterocycles. The van der Waals surface area contributed by atoms with Crippen molar-refractivity contribution >= 4 is 37.8 Å². The molecule has 1 aromatic carbocycles. The SMILES string of the molecule is CCOC(=O)/C=C(/CBr)Oc1cccc(Br)c1. The lowest BCUT2D eigenvalue weighted by atomic mass is 10.3. The van der Waals surface area contributed by atoms with Crippen LogP contribution < -0.4 is 4.74 Å². The highest BCUT2D eigenvalue weighted by Gasteiger charge is 2.04. The Bertz CT molecular complexity index is 416. The van der Waals surface area contributed by atoms with Gasteiger partial charge >= 0.3 is 5.97 Å². The minimum atomic E-state index is -0.406. The Morgan fingerprint density at radius 2 is 2.24 bits per heavy atom. The molecule has 0 spiro atoms. The molecule has 3 nitrogen and oxygen atoms in total. The summed E-state index contributed by atoms with van der Waals surface area (Å²) in [5.74, 6) is 0.757. The molecule has 5 heteroatoms. The van der Waals surface area contributed by atoms with Crippen molar-refractivity contribution in [3.05, 3.63) is 40.6 Å². The summed E-state index contributed by atoms with van der Waals surface area (Å²) in [5.41, 5.74) is 0. The molecule has 0 aliphatic rings. The van der Waals surface area contributed by atoms with Gasteiger partial charge in [0.05, 0.1) is 18.0 Å². The van der Waals surface area contributed by atoms with E-state index in [-0.39, 0.29) is 0 Å². The molecule has 1 aromatic rings. The van der Waals surface area contributed by atoms with Crippen molar-refractivity contribution in [3.63, 3.8) is 0 Å². The number of carbonyl (C=O) groups excluding carboxylic acids is 1. The Morgan fingerprint density at radius 3 is 2.82 bits per heavy atom. The smallest absolute Gasteiger partial charge is 0.334 e. The summed E-state index contributed by atoms with van der Waals surface area (Å²) in [6, 6.07) is 7.39. The van der Waals surface area contributed by atoms with Crippen LogP contribution in [0.3, 0.4) is 0 Å².